The maximum atomic E-state index is 11.6. The van der Waals surface area contributed by atoms with Crippen molar-refractivity contribution in [1.29, 1.82) is 0 Å². The Balaban J connectivity index is 4.00. The quantitative estimate of drug-likeness (QED) is 0.807. The molecule has 0 atom stereocenters. The standard InChI is InChI=1S/C15H32N2O2/c1-13(2,3)9-10-17-15(7,8)11-16-12(18)19-14(4,5)6/h17H,9-11H2,1-8H3,(H,16,18). The van der Waals surface area contributed by atoms with Crippen LogP contribution in [-0.2, 0) is 4.74 Å². The highest BCUT2D eigenvalue weighted by atomic mass is 16.6. The number of hydrogen-bond acceptors (Lipinski definition) is 3. The number of nitrogens with one attached hydrogen (secondary N) is 2. The molecule has 0 fully saturated rings. The van der Waals surface area contributed by atoms with Crippen LogP contribution in [0.2, 0.25) is 0 Å². The topological polar surface area (TPSA) is 50.4 Å². The molecule has 4 heteroatoms. The van der Waals surface area contributed by atoms with Crippen molar-refractivity contribution in [1.82, 2.24) is 10.6 Å². The Hall–Kier alpha value is -0.770. The maximum Gasteiger partial charge on any atom is 0.407 e. The number of rotatable bonds is 5. The number of alkyl carbamates (subject to hydrolysis) is 1. The van der Waals surface area contributed by atoms with Crippen molar-refractivity contribution in [2.75, 3.05) is 13.1 Å². The number of ether oxygens (including phenoxy) is 1. The largest absolute Gasteiger partial charge is 0.444 e. The lowest BCUT2D eigenvalue weighted by Gasteiger charge is -2.29. The number of amides is 1. The van der Waals surface area contributed by atoms with Gasteiger partial charge in [-0.15, -0.1) is 0 Å². The Kier molecular flexibility index (Phi) is 6.33. The third-order valence-electron chi connectivity index (χ3n) is 2.55. The zero-order valence-corrected chi connectivity index (χ0v) is 13.9. The molecule has 0 aromatic heterocycles. The van der Waals surface area contributed by atoms with E-state index in [0.29, 0.717) is 12.0 Å². The van der Waals surface area contributed by atoms with Gasteiger partial charge in [-0.05, 0) is 53.0 Å². The summed E-state index contributed by atoms with van der Waals surface area (Å²) in [4.78, 5) is 11.6. The molecule has 0 bridgehead atoms. The molecule has 114 valence electrons. The summed E-state index contributed by atoms with van der Waals surface area (Å²) in [6, 6.07) is 0. The molecule has 0 aliphatic heterocycles. The maximum absolute atomic E-state index is 11.6. The van der Waals surface area contributed by atoms with Gasteiger partial charge in [-0.3, -0.25) is 0 Å². The number of carbonyl (C=O) groups is 1. The summed E-state index contributed by atoms with van der Waals surface area (Å²) in [7, 11) is 0. The molecule has 0 aromatic rings. The summed E-state index contributed by atoms with van der Waals surface area (Å²) < 4.78 is 5.21. The highest BCUT2D eigenvalue weighted by Crippen LogP contribution is 2.17. The summed E-state index contributed by atoms with van der Waals surface area (Å²) in [5.74, 6) is 0. The lowest BCUT2D eigenvalue weighted by atomic mass is 9.92. The summed E-state index contributed by atoms with van der Waals surface area (Å²) in [6.45, 7) is 17.9. The molecule has 0 saturated heterocycles. The van der Waals surface area contributed by atoms with E-state index >= 15 is 0 Å². The summed E-state index contributed by atoms with van der Waals surface area (Å²) in [5.41, 5.74) is -0.266. The van der Waals surface area contributed by atoms with E-state index in [4.69, 9.17) is 4.74 Å². The third kappa shape index (κ3) is 12.0. The van der Waals surface area contributed by atoms with Crippen molar-refractivity contribution in [3.8, 4) is 0 Å². The molecule has 0 radical (unpaired) electrons. The second kappa shape index (κ2) is 6.60. The van der Waals surface area contributed by atoms with Gasteiger partial charge in [-0.2, -0.15) is 0 Å². The van der Waals surface area contributed by atoms with Crippen LogP contribution in [-0.4, -0.2) is 30.3 Å². The molecule has 4 nitrogen and oxygen atoms in total. The van der Waals surface area contributed by atoms with Crippen molar-refractivity contribution in [2.45, 2.75) is 73.0 Å². The molecule has 0 aliphatic carbocycles. The van der Waals surface area contributed by atoms with Crippen LogP contribution in [0.5, 0.6) is 0 Å². The van der Waals surface area contributed by atoms with E-state index in [-0.39, 0.29) is 11.6 Å². The van der Waals surface area contributed by atoms with Gasteiger partial charge in [0, 0.05) is 12.1 Å². The van der Waals surface area contributed by atoms with E-state index < -0.39 is 5.60 Å². The molecular weight excluding hydrogens is 240 g/mol. The van der Waals surface area contributed by atoms with Crippen LogP contribution in [0.15, 0.2) is 0 Å². The predicted molar refractivity (Wildman–Crippen MR) is 80.4 cm³/mol. The smallest absolute Gasteiger partial charge is 0.407 e. The normalized spacial score (nSPS) is 13.3. The summed E-state index contributed by atoms with van der Waals surface area (Å²) >= 11 is 0. The minimum Gasteiger partial charge on any atom is -0.444 e. The molecular formula is C15H32N2O2. The predicted octanol–water partition coefficient (Wildman–Crippen LogP) is 3.32. The fraction of sp³-hybridized carbons (Fsp3) is 0.933. The van der Waals surface area contributed by atoms with Gasteiger partial charge in [0.15, 0.2) is 0 Å². The second-order valence-electron chi connectivity index (χ2n) is 7.98. The van der Waals surface area contributed by atoms with Crippen molar-refractivity contribution in [3.05, 3.63) is 0 Å². The lowest BCUT2D eigenvalue weighted by molar-refractivity contribution is 0.0513. The van der Waals surface area contributed by atoms with Crippen molar-refractivity contribution >= 4 is 6.09 Å². The molecule has 0 spiro atoms. The Bertz CT molecular complexity index is 286. The average molecular weight is 272 g/mol. The van der Waals surface area contributed by atoms with Gasteiger partial charge in [0.2, 0.25) is 0 Å². The highest BCUT2D eigenvalue weighted by molar-refractivity contribution is 5.67. The first-order chi connectivity index (χ1) is 8.31. The second-order valence-corrected chi connectivity index (χ2v) is 7.98. The molecule has 2 N–H and O–H groups in total. The van der Waals surface area contributed by atoms with Crippen LogP contribution in [0.4, 0.5) is 4.79 Å². The van der Waals surface area contributed by atoms with E-state index in [1.165, 1.54) is 0 Å². The van der Waals surface area contributed by atoms with E-state index in [2.05, 4.69) is 45.3 Å². The van der Waals surface area contributed by atoms with E-state index in [1.807, 2.05) is 20.8 Å². The van der Waals surface area contributed by atoms with Crippen molar-refractivity contribution in [3.63, 3.8) is 0 Å². The van der Waals surface area contributed by atoms with Gasteiger partial charge < -0.3 is 15.4 Å². The first-order valence-corrected chi connectivity index (χ1v) is 7.03. The van der Waals surface area contributed by atoms with Crippen LogP contribution >= 0.6 is 0 Å². The monoisotopic (exact) mass is 272 g/mol. The van der Waals surface area contributed by atoms with E-state index in [1.54, 1.807) is 0 Å². The molecule has 0 aliphatic rings. The molecule has 0 heterocycles. The molecule has 0 unspecified atom stereocenters. The SMILES string of the molecule is CC(C)(C)CCNC(C)(C)CNC(=O)OC(C)(C)C. The van der Waals surface area contributed by atoms with E-state index in [0.717, 1.165) is 13.0 Å². The first-order valence-electron chi connectivity index (χ1n) is 7.03. The average Bonchev–Trinajstić information content (AvgIpc) is 2.09. The zero-order chi connectivity index (χ0) is 15.3. The molecule has 19 heavy (non-hydrogen) atoms. The summed E-state index contributed by atoms with van der Waals surface area (Å²) in [6.07, 6.45) is 0.737. The Morgan fingerprint density at radius 3 is 1.95 bits per heavy atom. The summed E-state index contributed by atoms with van der Waals surface area (Å²) in [5, 5.41) is 6.27. The molecule has 0 aromatic carbocycles. The van der Waals surface area contributed by atoms with Gasteiger partial charge in [-0.1, -0.05) is 20.8 Å². The van der Waals surface area contributed by atoms with Crippen LogP contribution < -0.4 is 10.6 Å². The van der Waals surface area contributed by atoms with Crippen molar-refractivity contribution in [2.24, 2.45) is 5.41 Å². The van der Waals surface area contributed by atoms with Gasteiger partial charge in [-0.25, -0.2) is 4.79 Å². The van der Waals surface area contributed by atoms with Crippen LogP contribution in [0.1, 0.15) is 61.8 Å². The fourth-order valence-corrected chi connectivity index (χ4v) is 1.45. The number of hydrogen-bond donors (Lipinski definition) is 2. The molecule has 0 saturated carbocycles. The highest BCUT2D eigenvalue weighted by Gasteiger charge is 2.21. The Morgan fingerprint density at radius 1 is 1.00 bits per heavy atom. The van der Waals surface area contributed by atoms with Gasteiger partial charge >= 0.3 is 6.09 Å². The van der Waals surface area contributed by atoms with Crippen LogP contribution in [0.3, 0.4) is 0 Å². The zero-order valence-electron chi connectivity index (χ0n) is 13.9. The first kappa shape index (κ1) is 18.2. The third-order valence-corrected chi connectivity index (χ3v) is 2.55. The van der Waals surface area contributed by atoms with Gasteiger partial charge in [0.25, 0.3) is 0 Å². The molecule has 0 rings (SSSR count). The fourth-order valence-electron chi connectivity index (χ4n) is 1.45. The van der Waals surface area contributed by atoms with E-state index in [9.17, 15) is 4.79 Å². The lowest BCUT2D eigenvalue weighted by Crippen LogP contribution is -2.50. The van der Waals surface area contributed by atoms with Crippen molar-refractivity contribution < 1.29 is 9.53 Å². The molecule has 1 amide bonds. The Labute approximate surface area is 118 Å². The Morgan fingerprint density at radius 2 is 1.53 bits per heavy atom. The minimum atomic E-state index is -0.451. The van der Waals surface area contributed by atoms with Crippen LogP contribution in [0, 0.1) is 5.41 Å². The van der Waals surface area contributed by atoms with Crippen LogP contribution in [0.25, 0.3) is 0 Å². The van der Waals surface area contributed by atoms with Gasteiger partial charge in [0.05, 0.1) is 0 Å². The van der Waals surface area contributed by atoms with Gasteiger partial charge in [0.1, 0.15) is 5.60 Å². The number of carbonyl (C=O) groups excluding carboxylic acids is 1. The minimum absolute atomic E-state index is 0.137.